The van der Waals surface area contributed by atoms with Gasteiger partial charge in [-0.2, -0.15) is 0 Å². The highest BCUT2D eigenvalue weighted by Gasteiger charge is 2.41. The van der Waals surface area contributed by atoms with Gasteiger partial charge in [-0.3, -0.25) is 19.8 Å². The summed E-state index contributed by atoms with van der Waals surface area (Å²) in [6, 6.07) is 13.7. The van der Waals surface area contributed by atoms with Crippen molar-refractivity contribution in [2.45, 2.75) is 31.8 Å². The lowest BCUT2D eigenvalue weighted by Crippen LogP contribution is -2.48. The Morgan fingerprint density at radius 2 is 1.84 bits per heavy atom. The summed E-state index contributed by atoms with van der Waals surface area (Å²) in [6.45, 7) is 1.16. The van der Waals surface area contributed by atoms with E-state index < -0.39 is 17.7 Å². The summed E-state index contributed by atoms with van der Waals surface area (Å²) in [5.74, 6) is -0.963. The van der Waals surface area contributed by atoms with Crippen molar-refractivity contribution in [3.8, 4) is 5.75 Å². The fourth-order valence-electron chi connectivity index (χ4n) is 4.53. The van der Waals surface area contributed by atoms with Crippen molar-refractivity contribution in [3.05, 3.63) is 66.5 Å². The van der Waals surface area contributed by atoms with Gasteiger partial charge in [-0.15, -0.1) is 0 Å². The van der Waals surface area contributed by atoms with Gasteiger partial charge in [0.25, 0.3) is 0 Å². The van der Waals surface area contributed by atoms with Crippen molar-refractivity contribution in [1.29, 1.82) is 0 Å². The van der Waals surface area contributed by atoms with E-state index in [0.29, 0.717) is 38.1 Å². The van der Waals surface area contributed by atoms with E-state index in [0.717, 1.165) is 6.42 Å². The molecule has 1 fully saturated rings. The third kappa shape index (κ3) is 4.94. The molecule has 2 heterocycles. The lowest BCUT2D eigenvalue weighted by Gasteiger charge is -2.37. The highest BCUT2D eigenvalue weighted by atomic mass is 16.5. The molecular weight excluding hydrogens is 394 g/mol. The minimum Gasteiger partial charge on any atom is -0.490 e. The van der Waals surface area contributed by atoms with Crippen LogP contribution in [0.1, 0.15) is 31.2 Å². The normalized spacial score (nSPS) is 23.6. The Labute approximate surface area is 181 Å². The molecule has 1 saturated carbocycles. The zero-order valence-electron chi connectivity index (χ0n) is 17.3. The van der Waals surface area contributed by atoms with Crippen LogP contribution in [0.5, 0.6) is 5.75 Å². The molecule has 0 saturated heterocycles. The standard InChI is InChI=1S/C24H27N3O4/c28-23(26-30)22-16-20(31-19-8-12-25-13-9-19)6-7-21(22)24(29)27-14-10-18(11-15-27)17-4-2-1-3-5-17/h1-5,8-10,12-13,20-22,30H,6-7,11,14-16H2,(H,26,28). The Kier molecular flexibility index (Phi) is 6.62. The molecule has 1 aliphatic heterocycles. The summed E-state index contributed by atoms with van der Waals surface area (Å²) in [4.78, 5) is 31.5. The van der Waals surface area contributed by atoms with E-state index >= 15 is 0 Å². The number of nitrogens with zero attached hydrogens (tertiary/aromatic N) is 2. The van der Waals surface area contributed by atoms with E-state index in [4.69, 9.17) is 4.74 Å². The van der Waals surface area contributed by atoms with Crippen LogP contribution in [0.3, 0.4) is 0 Å². The van der Waals surface area contributed by atoms with Gasteiger partial charge in [-0.1, -0.05) is 36.4 Å². The number of pyridine rings is 1. The molecule has 7 nitrogen and oxygen atoms in total. The van der Waals surface area contributed by atoms with Gasteiger partial charge in [-0.25, -0.2) is 5.48 Å². The van der Waals surface area contributed by atoms with Crippen LogP contribution >= 0.6 is 0 Å². The van der Waals surface area contributed by atoms with Crippen LogP contribution in [0.4, 0.5) is 0 Å². The molecule has 1 aromatic carbocycles. The van der Waals surface area contributed by atoms with Gasteiger partial charge in [0.2, 0.25) is 11.8 Å². The van der Waals surface area contributed by atoms with Crippen LogP contribution in [-0.2, 0) is 9.59 Å². The molecular formula is C24H27N3O4. The number of hydroxylamine groups is 1. The van der Waals surface area contributed by atoms with Crippen LogP contribution in [-0.4, -0.2) is 46.1 Å². The molecule has 1 aromatic heterocycles. The van der Waals surface area contributed by atoms with Gasteiger partial charge in [0, 0.05) is 25.5 Å². The molecule has 0 bridgehead atoms. The van der Waals surface area contributed by atoms with Crippen LogP contribution in [0.25, 0.3) is 5.57 Å². The van der Waals surface area contributed by atoms with Crippen molar-refractivity contribution in [1.82, 2.24) is 15.4 Å². The molecule has 0 radical (unpaired) electrons. The number of benzene rings is 1. The Bertz CT molecular complexity index is 932. The third-order valence-corrected chi connectivity index (χ3v) is 6.18. The third-order valence-electron chi connectivity index (χ3n) is 6.18. The lowest BCUT2D eigenvalue weighted by atomic mass is 9.76. The van der Waals surface area contributed by atoms with Crippen molar-refractivity contribution in [2.24, 2.45) is 11.8 Å². The lowest BCUT2D eigenvalue weighted by molar-refractivity contribution is -0.148. The Morgan fingerprint density at radius 1 is 1.06 bits per heavy atom. The summed E-state index contributed by atoms with van der Waals surface area (Å²) in [6.07, 6.45) is 7.57. The number of rotatable bonds is 5. The number of hydrogen-bond donors (Lipinski definition) is 2. The molecule has 1 aliphatic carbocycles. The number of carbonyl (C=O) groups is 2. The van der Waals surface area contributed by atoms with Crippen LogP contribution in [0.15, 0.2) is 60.9 Å². The molecule has 0 spiro atoms. The first-order valence-corrected chi connectivity index (χ1v) is 10.7. The van der Waals surface area contributed by atoms with E-state index in [2.05, 4.69) is 23.2 Å². The Morgan fingerprint density at radius 3 is 2.52 bits per heavy atom. The minimum atomic E-state index is -0.627. The zero-order valence-corrected chi connectivity index (χ0v) is 17.3. The van der Waals surface area contributed by atoms with E-state index in [9.17, 15) is 14.8 Å². The SMILES string of the molecule is O=C(NO)C1CC(Oc2ccncc2)CCC1C(=O)N1CC=C(c2ccccc2)CC1. The van der Waals surface area contributed by atoms with Gasteiger partial charge >= 0.3 is 0 Å². The second-order valence-electron chi connectivity index (χ2n) is 8.05. The maximum Gasteiger partial charge on any atom is 0.247 e. The second kappa shape index (κ2) is 9.75. The minimum absolute atomic E-state index is 0.0284. The van der Waals surface area contributed by atoms with E-state index in [1.165, 1.54) is 11.1 Å². The number of hydrogen-bond acceptors (Lipinski definition) is 5. The average Bonchev–Trinajstić information content (AvgIpc) is 2.84. The van der Waals surface area contributed by atoms with Crippen molar-refractivity contribution >= 4 is 17.4 Å². The van der Waals surface area contributed by atoms with Gasteiger partial charge in [0.15, 0.2) is 0 Å². The fourth-order valence-corrected chi connectivity index (χ4v) is 4.53. The van der Waals surface area contributed by atoms with Crippen molar-refractivity contribution < 1.29 is 19.5 Å². The molecule has 2 aromatic rings. The van der Waals surface area contributed by atoms with Gasteiger partial charge in [0.1, 0.15) is 5.75 Å². The van der Waals surface area contributed by atoms with E-state index in [1.54, 1.807) is 30.0 Å². The maximum absolute atomic E-state index is 13.3. The summed E-state index contributed by atoms with van der Waals surface area (Å²) in [5, 5.41) is 9.25. The van der Waals surface area contributed by atoms with Crippen LogP contribution < -0.4 is 10.2 Å². The highest BCUT2D eigenvalue weighted by Crippen LogP contribution is 2.35. The zero-order chi connectivity index (χ0) is 21.6. The molecule has 162 valence electrons. The number of carbonyl (C=O) groups excluding carboxylic acids is 2. The predicted molar refractivity (Wildman–Crippen MR) is 115 cm³/mol. The number of nitrogens with one attached hydrogen (secondary N) is 1. The highest BCUT2D eigenvalue weighted by molar-refractivity contribution is 5.88. The first kappa shape index (κ1) is 21.1. The first-order chi connectivity index (χ1) is 15.2. The summed E-state index contributed by atoms with van der Waals surface area (Å²) >= 11 is 0. The van der Waals surface area contributed by atoms with Gasteiger partial charge < -0.3 is 9.64 Å². The average molecular weight is 421 g/mol. The number of ether oxygens (including phenoxy) is 1. The Hall–Kier alpha value is -3.19. The molecule has 7 heteroatoms. The van der Waals surface area contributed by atoms with E-state index in [1.807, 2.05) is 23.1 Å². The molecule has 2 amide bonds. The molecule has 2 aliphatic rings. The monoisotopic (exact) mass is 421 g/mol. The molecule has 2 N–H and O–H groups in total. The topological polar surface area (TPSA) is 91.8 Å². The van der Waals surface area contributed by atoms with Crippen LogP contribution in [0.2, 0.25) is 0 Å². The Balaban J connectivity index is 1.42. The van der Waals surface area contributed by atoms with Gasteiger partial charge in [0.05, 0.1) is 17.9 Å². The smallest absolute Gasteiger partial charge is 0.247 e. The molecule has 3 atom stereocenters. The molecule has 3 unspecified atom stereocenters. The largest absolute Gasteiger partial charge is 0.490 e. The molecule has 31 heavy (non-hydrogen) atoms. The summed E-state index contributed by atoms with van der Waals surface area (Å²) in [7, 11) is 0. The summed E-state index contributed by atoms with van der Waals surface area (Å²) < 4.78 is 5.98. The fraction of sp³-hybridized carbons (Fsp3) is 0.375. The summed E-state index contributed by atoms with van der Waals surface area (Å²) in [5.41, 5.74) is 4.17. The van der Waals surface area contributed by atoms with Crippen LogP contribution in [0, 0.1) is 11.8 Å². The maximum atomic E-state index is 13.3. The van der Waals surface area contributed by atoms with Gasteiger partial charge in [-0.05, 0) is 49.0 Å². The molecule has 4 rings (SSSR count). The van der Waals surface area contributed by atoms with E-state index in [-0.39, 0.29) is 12.0 Å². The predicted octanol–water partition coefficient (Wildman–Crippen LogP) is 3.07. The number of aromatic nitrogens is 1. The number of amides is 2. The van der Waals surface area contributed by atoms with Crippen molar-refractivity contribution in [3.63, 3.8) is 0 Å². The second-order valence-corrected chi connectivity index (χ2v) is 8.05. The van der Waals surface area contributed by atoms with Crippen molar-refractivity contribution in [2.75, 3.05) is 13.1 Å². The first-order valence-electron chi connectivity index (χ1n) is 10.7. The quantitative estimate of drug-likeness (QED) is 0.572.